The highest BCUT2D eigenvalue weighted by atomic mass is 16.2. The number of pyridine rings is 1. The number of nitrogens with zero attached hydrogens (tertiary/aromatic N) is 4. The predicted octanol–water partition coefficient (Wildman–Crippen LogP) is 3.72. The molecule has 6 nitrogen and oxygen atoms in total. The molecule has 2 amide bonds. The molecule has 3 heterocycles. The van der Waals surface area contributed by atoms with Crippen LogP contribution in [0.4, 0.5) is 5.82 Å². The van der Waals surface area contributed by atoms with Crippen molar-refractivity contribution in [1.29, 1.82) is 0 Å². The zero-order valence-electron chi connectivity index (χ0n) is 19.4. The Morgan fingerprint density at radius 1 is 0.938 bits per heavy atom. The fraction of sp³-hybridized carbons (Fsp3) is 0.731. The van der Waals surface area contributed by atoms with Gasteiger partial charge in [0.1, 0.15) is 5.82 Å². The zero-order valence-corrected chi connectivity index (χ0v) is 19.4. The molecule has 4 fully saturated rings. The molecular formula is C26H38N4O2. The summed E-state index contributed by atoms with van der Waals surface area (Å²) < 4.78 is 0. The van der Waals surface area contributed by atoms with Gasteiger partial charge in [-0.05, 0) is 49.1 Å². The molecule has 1 aromatic heterocycles. The normalized spacial score (nSPS) is 25.8. The van der Waals surface area contributed by atoms with E-state index in [1.807, 2.05) is 24.4 Å². The largest absolute Gasteiger partial charge is 0.353 e. The van der Waals surface area contributed by atoms with Crippen LogP contribution in [0.1, 0.15) is 64.2 Å². The number of piperidine rings is 1. The molecule has 0 bridgehead atoms. The first kappa shape index (κ1) is 21.7. The minimum atomic E-state index is 0.176. The fourth-order valence-corrected chi connectivity index (χ4v) is 6.33. The first-order valence-corrected chi connectivity index (χ1v) is 12.9. The van der Waals surface area contributed by atoms with Crippen molar-refractivity contribution in [2.75, 3.05) is 44.2 Å². The maximum Gasteiger partial charge on any atom is 0.226 e. The Hall–Kier alpha value is -2.11. The quantitative estimate of drug-likeness (QED) is 0.703. The maximum atomic E-state index is 13.2. The number of amides is 2. The van der Waals surface area contributed by atoms with E-state index in [-0.39, 0.29) is 11.3 Å². The maximum absolute atomic E-state index is 13.2. The Labute approximate surface area is 192 Å². The first-order chi connectivity index (χ1) is 15.6. The lowest BCUT2D eigenvalue weighted by Crippen LogP contribution is -2.50. The number of carbonyl (C=O) groups excluding carboxylic acids is 2. The van der Waals surface area contributed by atoms with Crippen molar-refractivity contribution in [2.24, 2.45) is 17.3 Å². The average Bonchev–Trinajstić information content (AvgIpc) is 3.56. The lowest BCUT2D eigenvalue weighted by Gasteiger charge is -2.37. The van der Waals surface area contributed by atoms with Gasteiger partial charge in [0, 0.05) is 57.8 Å². The van der Waals surface area contributed by atoms with E-state index >= 15 is 0 Å². The average molecular weight is 439 g/mol. The van der Waals surface area contributed by atoms with Gasteiger partial charge in [-0.25, -0.2) is 4.98 Å². The van der Waals surface area contributed by atoms with Crippen LogP contribution in [0, 0.1) is 17.3 Å². The van der Waals surface area contributed by atoms with Crippen molar-refractivity contribution < 1.29 is 9.59 Å². The van der Waals surface area contributed by atoms with Gasteiger partial charge < -0.3 is 14.7 Å². The van der Waals surface area contributed by atoms with Gasteiger partial charge in [0.25, 0.3) is 0 Å². The number of aromatic nitrogens is 1. The second-order valence-electron chi connectivity index (χ2n) is 10.5. The molecule has 32 heavy (non-hydrogen) atoms. The zero-order chi connectivity index (χ0) is 22.0. The highest BCUT2D eigenvalue weighted by molar-refractivity contribution is 5.83. The highest BCUT2D eigenvalue weighted by Crippen LogP contribution is 2.60. The summed E-state index contributed by atoms with van der Waals surface area (Å²) in [5.41, 5.74) is 0.176. The number of likely N-dealkylation sites (tertiary alicyclic amines) is 1. The molecule has 2 aliphatic carbocycles. The van der Waals surface area contributed by atoms with E-state index in [1.165, 1.54) is 32.1 Å². The molecule has 1 atom stereocenters. The van der Waals surface area contributed by atoms with Crippen molar-refractivity contribution in [2.45, 2.75) is 64.2 Å². The van der Waals surface area contributed by atoms with Gasteiger partial charge >= 0.3 is 0 Å². The van der Waals surface area contributed by atoms with E-state index in [9.17, 15) is 9.59 Å². The van der Waals surface area contributed by atoms with E-state index in [4.69, 9.17) is 0 Å². The van der Waals surface area contributed by atoms with Gasteiger partial charge in [0.2, 0.25) is 11.8 Å². The van der Waals surface area contributed by atoms with Crippen LogP contribution in [-0.2, 0) is 9.59 Å². The summed E-state index contributed by atoms with van der Waals surface area (Å²) in [5.74, 6) is 2.65. The summed E-state index contributed by atoms with van der Waals surface area (Å²) in [5, 5.41) is 0. The summed E-state index contributed by atoms with van der Waals surface area (Å²) in [4.78, 5) is 36.8. The van der Waals surface area contributed by atoms with Crippen LogP contribution < -0.4 is 4.90 Å². The molecule has 2 aliphatic heterocycles. The first-order valence-electron chi connectivity index (χ1n) is 12.9. The summed E-state index contributed by atoms with van der Waals surface area (Å²) in [7, 11) is 0. The van der Waals surface area contributed by atoms with Gasteiger partial charge in [-0.2, -0.15) is 0 Å². The van der Waals surface area contributed by atoms with Crippen LogP contribution in [0.25, 0.3) is 0 Å². The minimum absolute atomic E-state index is 0.176. The topological polar surface area (TPSA) is 56.8 Å². The van der Waals surface area contributed by atoms with Crippen LogP contribution in [0.3, 0.4) is 0 Å². The second-order valence-corrected chi connectivity index (χ2v) is 10.5. The third-order valence-electron chi connectivity index (χ3n) is 8.66. The molecule has 6 heteroatoms. The van der Waals surface area contributed by atoms with E-state index in [0.717, 1.165) is 83.1 Å². The van der Waals surface area contributed by atoms with Crippen LogP contribution in [0.15, 0.2) is 24.4 Å². The Bertz CT molecular complexity index is 791. The SMILES string of the molecule is O=C(CCC1CCCCC1)N1CCC2(CC1)C[C@H]2C(=O)N1CCN(c2ccccn2)CC1. The number of carbonyl (C=O) groups is 2. The number of hydrogen-bond donors (Lipinski definition) is 0. The Morgan fingerprint density at radius 2 is 1.69 bits per heavy atom. The van der Waals surface area contributed by atoms with E-state index in [1.54, 1.807) is 0 Å². The van der Waals surface area contributed by atoms with Crippen LogP contribution in [0.2, 0.25) is 0 Å². The monoisotopic (exact) mass is 438 g/mol. The number of piperazine rings is 1. The molecule has 1 aromatic rings. The highest BCUT2D eigenvalue weighted by Gasteiger charge is 2.59. The molecule has 2 saturated carbocycles. The Balaban J connectivity index is 1.05. The van der Waals surface area contributed by atoms with Gasteiger partial charge in [-0.3, -0.25) is 9.59 Å². The van der Waals surface area contributed by atoms with Crippen molar-refractivity contribution in [1.82, 2.24) is 14.8 Å². The molecule has 0 unspecified atom stereocenters. The summed E-state index contributed by atoms with van der Waals surface area (Å²) in [6, 6.07) is 5.99. The summed E-state index contributed by atoms with van der Waals surface area (Å²) in [6.07, 6.45) is 13.4. The fourth-order valence-electron chi connectivity index (χ4n) is 6.33. The Kier molecular flexibility index (Phi) is 6.38. The third kappa shape index (κ3) is 4.65. The van der Waals surface area contributed by atoms with Crippen molar-refractivity contribution in [3.05, 3.63) is 24.4 Å². The van der Waals surface area contributed by atoms with Crippen LogP contribution in [0.5, 0.6) is 0 Å². The lowest BCUT2D eigenvalue weighted by atomic mass is 9.85. The van der Waals surface area contributed by atoms with Crippen LogP contribution >= 0.6 is 0 Å². The summed E-state index contributed by atoms with van der Waals surface area (Å²) >= 11 is 0. The van der Waals surface area contributed by atoms with E-state index in [0.29, 0.717) is 11.8 Å². The summed E-state index contributed by atoms with van der Waals surface area (Å²) in [6.45, 7) is 4.97. The van der Waals surface area contributed by atoms with Crippen molar-refractivity contribution in [3.8, 4) is 0 Å². The standard InChI is InChI=1S/C26H38N4O2/c31-24(10-9-21-6-2-1-3-7-21)29-14-11-26(12-15-29)20-22(26)25(32)30-18-16-28(17-19-30)23-8-4-5-13-27-23/h4-5,8,13,21-22H,1-3,6-7,9-12,14-20H2/t22-/m0/s1. The molecular weight excluding hydrogens is 400 g/mol. The molecule has 2 saturated heterocycles. The van der Waals surface area contributed by atoms with Crippen molar-refractivity contribution >= 4 is 17.6 Å². The number of anilines is 1. The Morgan fingerprint density at radius 3 is 2.38 bits per heavy atom. The number of hydrogen-bond acceptors (Lipinski definition) is 4. The van der Waals surface area contributed by atoms with Gasteiger partial charge in [0.15, 0.2) is 0 Å². The molecule has 0 aromatic carbocycles. The molecule has 1 spiro atoms. The minimum Gasteiger partial charge on any atom is -0.353 e. The number of rotatable bonds is 5. The lowest BCUT2D eigenvalue weighted by molar-refractivity contribution is -0.135. The van der Waals surface area contributed by atoms with Crippen LogP contribution in [-0.4, -0.2) is 65.9 Å². The molecule has 0 N–H and O–H groups in total. The molecule has 0 radical (unpaired) electrons. The second kappa shape index (κ2) is 9.40. The third-order valence-corrected chi connectivity index (χ3v) is 8.66. The molecule has 5 rings (SSSR count). The molecule has 4 aliphatic rings. The van der Waals surface area contributed by atoms with E-state index < -0.39 is 0 Å². The van der Waals surface area contributed by atoms with Gasteiger partial charge in [-0.15, -0.1) is 0 Å². The molecule has 174 valence electrons. The van der Waals surface area contributed by atoms with E-state index in [2.05, 4.69) is 19.7 Å². The van der Waals surface area contributed by atoms with Gasteiger partial charge in [-0.1, -0.05) is 38.2 Å². The predicted molar refractivity (Wildman–Crippen MR) is 125 cm³/mol. The van der Waals surface area contributed by atoms with Crippen molar-refractivity contribution in [3.63, 3.8) is 0 Å². The smallest absolute Gasteiger partial charge is 0.226 e. The van der Waals surface area contributed by atoms with Gasteiger partial charge in [0.05, 0.1) is 0 Å².